The van der Waals surface area contributed by atoms with E-state index in [4.69, 9.17) is 18.9 Å². The summed E-state index contributed by atoms with van der Waals surface area (Å²) in [5.74, 6) is -1.98. The Morgan fingerprint density at radius 2 is 1.72 bits per heavy atom. The lowest BCUT2D eigenvalue weighted by Gasteiger charge is -2.38. The number of hydrogen-bond donors (Lipinski definition) is 0. The third kappa shape index (κ3) is 6.07. The van der Waals surface area contributed by atoms with Crippen LogP contribution in [0.4, 0.5) is 20.6 Å². The van der Waals surface area contributed by atoms with Crippen LogP contribution in [0.25, 0.3) is 0 Å². The molecule has 198 valence electrons. The van der Waals surface area contributed by atoms with Crippen molar-refractivity contribution >= 4 is 29.4 Å². The average molecular weight is 508 g/mol. The zero-order chi connectivity index (χ0) is 26.6. The smallest absolute Gasteiger partial charge is 0.410 e. The van der Waals surface area contributed by atoms with E-state index in [9.17, 15) is 14.4 Å². The fourth-order valence-corrected chi connectivity index (χ4v) is 4.26. The summed E-state index contributed by atoms with van der Waals surface area (Å²) in [7, 11) is 4.21. The topological polar surface area (TPSA) is 97.9 Å². The Morgan fingerprint density at radius 3 is 2.28 bits per heavy atom. The van der Waals surface area contributed by atoms with Gasteiger partial charge < -0.3 is 33.6 Å². The monoisotopic (exact) mass is 507 g/mol. The van der Waals surface area contributed by atoms with Crippen LogP contribution in [0.2, 0.25) is 0 Å². The van der Waals surface area contributed by atoms with Gasteiger partial charge >= 0.3 is 18.0 Å². The number of halogens is 1. The Morgan fingerprint density at radius 1 is 1.08 bits per heavy atom. The van der Waals surface area contributed by atoms with Crippen molar-refractivity contribution in [3.63, 3.8) is 0 Å². The van der Waals surface area contributed by atoms with E-state index in [1.807, 2.05) is 32.7 Å². The zero-order valence-electron chi connectivity index (χ0n) is 21.6. The summed E-state index contributed by atoms with van der Waals surface area (Å²) >= 11 is 0. The molecular formula is C25H34FN3O7. The third-order valence-corrected chi connectivity index (χ3v) is 6.12. The number of carbonyl (C=O) groups is 3. The van der Waals surface area contributed by atoms with Crippen molar-refractivity contribution in [1.29, 1.82) is 0 Å². The van der Waals surface area contributed by atoms with Crippen LogP contribution in [0.3, 0.4) is 0 Å². The minimum absolute atomic E-state index is 0.00560. The Balaban J connectivity index is 1.76. The van der Waals surface area contributed by atoms with Gasteiger partial charge in [-0.2, -0.15) is 0 Å². The molecule has 3 rings (SSSR count). The van der Waals surface area contributed by atoms with Crippen LogP contribution in [0, 0.1) is 5.82 Å². The number of amides is 1. The molecule has 1 saturated heterocycles. The molecule has 2 heterocycles. The number of benzene rings is 1. The highest BCUT2D eigenvalue weighted by Crippen LogP contribution is 2.32. The first-order chi connectivity index (χ1) is 17.0. The fraction of sp³-hybridized carbons (Fsp3) is 0.560. The van der Waals surface area contributed by atoms with Crippen molar-refractivity contribution < 1.29 is 37.7 Å². The molecule has 0 bridgehead atoms. The summed E-state index contributed by atoms with van der Waals surface area (Å²) < 4.78 is 35.8. The zero-order valence-corrected chi connectivity index (χ0v) is 21.6. The molecule has 1 amide bonds. The predicted octanol–water partition coefficient (Wildman–Crippen LogP) is 3.06. The summed E-state index contributed by atoms with van der Waals surface area (Å²) in [4.78, 5) is 41.9. The van der Waals surface area contributed by atoms with Crippen LogP contribution in [0.15, 0.2) is 29.5 Å². The molecule has 1 aromatic rings. The van der Waals surface area contributed by atoms with Crippen molar-refractivity contribution in [2.45, 2.75) is 45.3 Å². The number of nitrogens with zero attached hydrogens (tertiary/aromatic N) is 3. The summed E-state index contributed by atoms with van der Waals surface area (Å²) in [6.07, 6.45) is 0.979. The molecule has 1 aromatic carbocycles. The lowest BCUT2D eigenvalue weighted by atomic mass is 10.0. The van der Waals surface area contributed by atoms with Gasteiger partial charge in [-0.15, -0.1) is 0 Å². The first-order valence-electron chi connectivity index (χ1n) is 11.7. The molecule has 0 aromatic heterocycles. The molecule has 2 aliphatic rings. The van der Waals surface area contributed by atoms with Gasteiger partial charge in [0.25, 0.3) is 0 Å². The molecule has 0 N–H and O–H groups in total. The maximum absolute atomic E-state index is 15.3. The summed E-state index contributed by atoms with van der Waals surface area (Å²) in [5.41, 5.74) is 0.0878. The Hall–Kier alpha value is -3.34. The normalized spacial score (nSPS) is 17.1. The highest BCUT2D eigenvalue weighted by Gasteiger charge is 2.33. The van der Waals surface area contributed by atoms with Gasteiger partial charge in [-0.05, 0) is 51.8 Å². The van der Waals surface area contributed by atoms with Gasteiger partial charge in [-0.1, -0.05) is 0 Å². The number of rotatable bonds is 5. The first-order valence-corrected chi connectivity index (χ1v) is 11.7. The van der Waals surface area contributed by atoms with Crippen LogP contribution >= 0.6 is 0 Å². The number of carbonyl (C=O) groups excluding carboxylic acids is 3. The van der Waals surface area contributed by atoms with Crippen LogP contribution < -0.4 is 9.80 Å². The fourth-order valence-electron chi connectivity index (χ4n) is 4.26. The summed E-state index contributed by atoms with van der Waals surface area (Å²) in [6, 6.07) is 4.58. The van der Waals surface area contributed by atoms with Crippen LogP contribution in [0.1, 0.15) is 33.6 Å². The van der Waals surface area contributed by atoms with E-state index in [-0.39, 0.29) is 36.7 Å². The van der Waals surface area contributed by atoms with Crippen LogP contribution in [-0.2, 0) is 28.5 Å². The standard InChI is InChI=1S/C25H34FN3O7/c1-25(2,3)36-24(32)28-11-9-16(10-12-28)27(4)20-8-7-17(13-19(20)26)29-15-35-14-18(22(30)33-5)21(29)23(31)34-6/h7-8,13,16H,9-12,14-15H2,1-6H3. The molecule has 0 radical (unpaired) electrons. The van der Waals surface area contributed by atoms with Crippen molar-refractivity contribution in [1.82, 2.24) is 4.90 Å². The van der Waals surface area contributed by atoms with Crippen molar-refractivity contribution in [2.24, 2.45) is 0 Å². The first kappa shape index (κ1) is 27.3. The van der Waals surface area contributed by atoms with Gasteiger partial charge in [0.05, 0.1) is 32.1 Å². The minimum atomic E-state index is -0.753. The average Bonchev–Trinajstić information content (AvgIpc) is 2.85. The van der Waals surface area contributed by atoms with Crippen molar-refractivity contribution in [2.75, 3.05) is 57.5 Å². The Bertz CT molecular complexity index is 1030. The van der Waals surface area contributed by atoms with Crippen LogP contribution in [0.5, 0.6) is 0 Å². The van der Waals surface area contributed by atoms with Gasteiger partial charge in [0.2, 0.25) is 0 Å². The Kier molecular flexibility index (Phi) is 8.44. The van der Waals surface area contributed by atoms with E-state index in [1.165, 1.54) is 25.2 Å². The Labute approximate surface area is 210 Å². The van der Waals surface area contributed by atoms with Gasteiger partial charge in [-0.25, -0.2) is 18.8 Å². The number of ether oxygens (including phenoxy) is 4. The molecule has 0 aliphatic carbocycles. The second kappa shape index (κ2) is 11.2. The molecule has 0 unspecified atom stereocenters. The largest absolute Gasteiger partial charge is 0.466 e. The van der Waals surface area contributed by atoms with Crippen molar-refractivity contribution in [3.8, 4) is 0 Å². The molecule has 10 nitrogen and oxygen atoms in total. The minimum Gasteiger partial charge on any atom is -0.466 e. The summed E-state index contributed by atoms with van der Waals surface area (Å²) in [6.45, 7) is 6.31. The second-order valence-corrected chi connectivity index (χ2v) is 9.66. The van der Waals surface area contributed by atoms with Gasteiger partial charge in [0, 0.05) is 31.9 Å². The van der Waals surface area contributed by atoms with E-state index in [1.54, 1.807) is 17.0 Å². The molecule has 1 fully saturated rings. The molecule has 0 atom stereocenters. The third-order valence-electron chi connectivity index (χ3n) is 6.12. The molecule has 0 spiro atoms. The molecule has 11 heteroatoms. The number of anilines is 2. The van der Waals surface area contributed by atoms with E-state index >= 15 is 4.39 Å². The van der Waals surface area contributed by atoms with Gasteiger partial charge in [0.1, 0.15) is 23.8 Å². The maximum atomic E-state index is 15.3. The summed E-state index contributed by atoms with van der Waals surface area (Å²) in [5, 5.41) is 0. The quantitative estimate of drug-likeness (QED) is 0.440. The number of hydrogen-bond acceptors (Lipinski definition) is 9. The highest BCUT2D eigenvalue weighted by atomic mass is 19.1. The second-order valence-electron chi connectivity index (χ2n) is 9.66. The predicted molar refractivity (Wildman–Crippen MR) is 130 cm³/mol. The molecule has 36 heavy (non-hydrogen) atoms. The number of esters is 2. The van der Waals surface area contributed by atoms with Gasteiger partial charge in [0.15, 0.2) is 0 Å². The highest BCUT2D eigenvalue weighted by molar-refractivity contribution is 6.03. The lowest BCUT2D eigenvalue weighted by molar-refractivity contribution is -0.140. The number of piperidine rings is 1. The van der Waals surface area contributed by atoms with E-state index in [2.05, 4.69) is 0 Å². The molecule has 0 saturated carbocycles. The number of methoxy groups -OCH3 is 2. The van der Waals surface area contributed by atoms with E-state index < -0.39 is 23.4 Å². The van der Waals surface area contributed by atoms with Gasteiger partial charge in [-0.3, -0.25) is 0 Å². The number of likely N-dealkylation sites (tertiary alicyclic amines) is 1. The maximum Gasteiger partial charge on any atom is 0.410 e. The SMILES string of the molecule is COC(=O)C1=C(C(=O)OC)N(c2ccc(N(C)C3CCN(C(=O)OC(C)(C)C)CC3)c(F)c2)COC1. The molecular weight excluding hydrogens is 473 g/mol. The van der Waals surface area contributed by atoms with Crippen molar-refractivity contribution in [3.05, 3.63) is 35.3 Å². The lowest BCUT2D eigenvalue weighted by Crippen LogP contribution is -2.47. The van der Waals surface area contributed by atoms with E-state index in [0.29, 0.717) is 37.3 Å². The van der Waals surface area contributed by atoms with Crippen LogP contribution in [-0.4, -0.2) is 82.3 Å². The van der Waals surface area contributed by atoms with E-state index in [0.717, 1.165) is 0 Å². The molecule has 2 aliphatic heterocycles.